The first kappa shape index (κ1) is 13.8. The van der Waals surface area contributed by atoms with Crippen LogP contribution in [0.1, 0.15) is 40.5 Å². The molecule has 1 atom stereocenters. The van der Waals surface area contributed by atoms with Gasteiger partial charge in [0, 0.05) is 14.9 Å². The van der Waals surface area contributed by atoms with Crippen molar-refractivity contribution in [1.29, 1.82) is 0 Å². The lowest BCUT2D eigenvalue weighted by Crippen LogP contribution is -2.22. The van der Waals surface area contributed by atoms with Gasteiger partial charge >= 0.3 is 0 Å². The third-order valence-corrected chi connectivity index (χ3v) is 5.16. The van der Waals surface area contributed by atoms with Gasteiger partial charge in [0.25, 0.3) is 0 Å². The smallest absolute Gasteiger partial charge is 0.106 e. The summed E-state index contributed by atoms with van der Waals surface area (Å²) < 4.78 is 6.92. The molecule has 1 N–H and O–H groups in total. The molecule has 0 spiro atoms. The molecule has 0 amide bonds. The number of aryl methyl sites for hydroxylation is 2. The maximum Gasteiger partial charge on any atom is 0.106 e. The van der Waals surface area contributed by atoms with Crippen LogP contribution in [0.15, 0.2) is 20.3 Å². The second-order valence-corrected chi connectivity index (χ2v) is 6.18. The number of thiophene rings is 1. The van der Waals surface area contributed by atoms with Crippen LogP contribution in [-0.2, 0) is 0 Å². The highest BCUT2D eigenvalue weighted by Gasteiger charge is 2.24. The summed E-state index contributed by atoms with van der Waals surface area (Å²) in [6.45, 7) is 9.26. The Hall–Kier alpha value is -0.580. The Morgan fingerprint density at radius 3 is 2.50 bits per heavy atom. The molecule has 2 aromatic heterocycles. The first-order valence-electron chi connectivity index (χ1n) is 6.09. The highest BCUT2D eigenvalue weighted by Crippen LogP contribution is 2.37. The van der Waals surface area contributed by atoms with Gasteiger partial charge in [-0.1, -0.05) is 6.92 Å². The van der Waals surface area contributed by atoms with Crippen molar-refractivity contribution in [2.75, 3.05) is 6.54 Å². The molecule has 0 aliphatic carbocycles. The van der Waals surface area contributed by atoms with E-state index in [9.17, 15) is 0 Å². The van der Waals surface area contributed by atoms with Crippen molar-refractivity contribution in [3.05, 3.63) is 43.4 Å². The predicted octanol–water partition coefficient (Wildman–Crippen LogP) is 4.73. The summed E-state index contributed by atoms with van der Waals surface area (Å²) in [7, 11) is 0. The average molecular weight is 328 g/mol. The Bertz CT molecular complexity index is 544. The predicted molar refractivity (Wildman–Crippen MR) is 80.5 cm³/mol. The van der Waals surface area contributed by atoms with Crippen molar-refractivity contribution in [2.45, 2.75) is 33.7 Å². The second-order valence-electron chi connectivity index (χ2n) is 4.38. The van der Waals surface area contributed by atoms with Gasteiger partial charge < -0.3 is 9.73 Å². The molecule has 0 bridgehead atoms. The Balaban J connectivity index is 2.51. The molecule has 0 aliphatic heterocycles. The molecule has 2 heterocycles. The zero-order chi connectivity index (χ0) is 13.3. The van der Waals surface area contributed by atoms with Crippen molar-refractivity contribution >= 4 is 27.3 Å². The average Bonchev–Trinajstić information content (AvgIpc) is 2.83. The van der Waals surface area contributed by atoms with E-state index in [-0.39, 0.29) is 6.04 Å². The molecular weight excluding hydrogens is 310 g/mol. The van der Waals surface area contributed by atoms with E-state index in [2.05, 4.69) is 46.5 Å². The van der Waals surface area contributed by atoms with E-state index in [0.717, 1.165) is 22.5 Å². The van der Waals surface area contributed by atoms with Crippen LogP contribution in [0.4, 0.5) is 0 Å². The topological polar surface area (TPSA) is 25.2 Å². The van der Waals surface area contributed by atoms with Crippen LogP contribution in [0.25, 0.3) is 0 Å². The van der Waals surface area contributed by atoms with Gasteiger partial charge in [0.15, 0.2) is 0 Å². The van der Waals surface area contributed by atoms with Gasteiger partial charge in [0.2, 0.25) is 0 Å². The third kappa shape index (κ3) is 2.42. The lowest BCUT2D eigenvalue weighted by Gasteiger charge is -2.18. The zero-order valence-electron chi connectivity index (χ0n) is 11.1. The molecule has 4 heteroatoms. The quantitative estimate of drug-likeness (QED) is 0.878. The van der Waals surface area contributed by atoms with Gasteiger partial charge in [0.1, 0.15) is 11.5 Å². The Labute approximate surface area is 121 Å². The van der Waals surface area contributed by atoms with Gasteiger partial charge in [-0.15, -0.1) is 11.3 Å². The van der Waals surface area contributed by atoms with Crippen LogP contribution in [-0.4, -0.2) is 6.54 Å². The van der Waals surface area contributed by atoms with Crippen molar-refractivity contribution in [1.82, 2.24) is 5.32 Å². The summed E-state index contributed by atoms with van der Waals surface area (Å²) in [6, 6.07) is 2.31. The highest BCUT2D eigenvalue weighted by atomic mass is 79.9. The molecule has 0 aromatic carbocycles. The molecule has 0 saturated carbocycles. The maximum atomic E-state index is 5.76. The molecule has 2 aromatic rings. The SMILES string of the molecule is CCNC(c1sccc1Br)c1c(C)oc(C)c1C. The van der Waals surface area contributed by atoms with E-state index in [1.54, 1.807) is 11.3 Å². The maximum absolute atomic E-state index is 5.76. The van der Waals surface area contributed by atoms with E-state index in [1.165, 1.54) is 16.0 Å². The molecule has 0 radical (unpaired) electrons. The van der Waals surface area contributed by atoms with Gasteiger partial charge in [-0.05, 0) is 60.3 Å². The first-order valence-corrected chi connectivity index (χ1v) is 7.76. The van der Waals surface area contributed by atoms with Crippen LogP contribution in [0.5, 0.6) is 0 Å². The van der Waals surface area contributed by atoms with Crippen molar-refractivity contribution in [2.24, 2.45) is 0 Å². The molecule has 2 rings (SSSR count). The fourth-order valence-corrected chi connectivity index (χ4v) is 3.96. The zero-order valence-corrected chi connectivity index (χ0v) is 13.5. The Morgan fingerprint density at radius 1 is 1.33 bits per heavy atom. The Kier molecular flexibility index (Phi) is 4.30. The van der Waals surface area contributed by atoms with Crippen LogP contribution in [0.3, 0.4) is 0 Å². The van der Waals surface area contributed by atoms with Crippen LogP contribution in [0, 0.1) is 20.8 Å². The number of rotatable bonds is 4. The second kappa shape index (κ2) is 5.59. The third-order valence-electron chi connectivity index (χ3n) is 3.22. The van der Waals surface area contributed by atoms with Crippen molar-refractivity contribution < 1.29 is 4.42 Å². The minimum Gasteiger partial charge on any atom is -0.466 e. The van der Waals surface area contributed by atoms with Crippen LogP contribution < -0.4 is 5.32 Å². The molecule has 0 saturated heterocycles. The van der Waals surface area contributed by atoms with Gasteiger partial charge in [0.05, 0.1) is 6.04 Å². The number of halogens is 1. The summed E-state index contributed by atoms with van der Waals surface area (Å²) in [4.78, 5) is 1.31. The van der Waals surface area contributed by atoms with Crippen LogP contribution >= 0.6 is 27.3 Å². The largest absolute Gasteiger partial charge is 0.466 e. The minimum absolute atomic E-state index is 0.210. The monoisotopic (exact) mass is 327 g/mol. The lowest BCUT2D eigenvalue weighted by atomic mass is 10.0. The molecule has 18 heavy (non-hydrogen) atoms. The van der Waals surface area contributed by atoms with Crippen molar-refractivity contribution in [3.63, 3.8) is 0 Å². The first-order chi connectivity index (χ1) is 8.56. The molecule has 0 fully saturated rings. The summed E-state index contributed by atoms with van der Waals surface area (Å²) >= 11 is 5.40. The van der Waals surface area contributed by atoms with E-state index in [4.69, 9.17) is 4.42 Å². The van der Waals surface area contributed by atoms with E-state index >= 15 is 0 Å². The fraction of sp³-hybridized carbons (Fsp3) is 0.429. The summed E-state index contributed by atoms with van der Waals surface area (Å²) in [5.41, 5.74) is 2.52. The number of hydrogen-bond donors (Lipinski definition) is 1. The standard InChI is InChI=1S/C14H18BrNOS/c1-5-16-13(14-11(15)6-7-18-14)12-8(2)9(3)17-10(12)4/h6-7,13,16H,5H2,1-4H3. The fourth-order valence-electron chi connectivity index (χ4n) is 2.28. The highest BCUT2D eigenvalue weighted by molar-refractivity contribution is 9.10. The van der Waals surface area contributed by atoms with E-state index in [1.807, 2.05) is 13.8 Å². The number of nitrogens with one attached hydrogen (secondary N) is 1. The van der Waals surface area contributed by atoms with E-state index < -0.39 is 0 Å². The van der Waals surface area contributed by atoms with Crippen molar-refractivity contribution in [3.8, 4) is 0 Å². The van der Waals surface area contributed by atoms with Gasteiger partial charge in [-0.25, -0.2) is 0 Å². The summed E-state index contributed by atoms with van der Waals surface area (Å²) in [5.74, 6) is 2.02. The molecule has 1 unspecified atom stereocenters. The summed E-state index contributed by atoms with van der Waals surface area (Å²) in [6.07, 6.45) is 0. The lowest BCUT2D eigenvalue weighted by molar-refractivity contribution is 0.494. The normalized spacial score (nSPS) is 12.9. The molecule has 98 valence electrons. The van der Waals surface area contributed by atoms with Crippen LogP contribution in [0.2, 0.25) is 0 Å². The molecular formula is C14H18BrNOS. The minimum atomic E-state index is 0.210. The number of furan rings is 1. The summed E-state index contributed by atoms with van der Waals surface area (Å²) in [5, 5.41) is 5.67. The molecule has 0 aliphatic rings. The molecule has 2 nitrogen and oxygen atoms in total. The van der Waals surface area contributed by atoms with Gasteiger partial charge in [-0.2, -0.15) is 0 Å². The van der Waals surface area contributed by atoms with E-state index in [0.29, 0.717) is 0 Å². The number of hydrogen-bond acceptors (Lipinski definition) is 3. The van der Waals surface area contributed by atoms with Gasteiger partial charge in [-0.3, -0.25) is 0 Å². The Morgan fingerprint density at radius 2 is 2.06 bits per heavy atom.